The van der Waals surface area contributed by atoms with Gasteiger partial charge in [0.05, 0.1) is 35.4 Å². The van der Waals surface area contributed by atoms with Gasteiger partial charge in [-0.2, -0.15) is 10.2 Å². The minimum absolute atomic E-state index is 0.306. The fourth-order valence-electron chi connectivity index (χ4n) is 3.09. The molecule has 30 heavy (non-hydrogen) atoms. The van der Waals surface area contributed by atoms with Crippen LogP contribution in [0.5, 0.6) is 0 Å². The molecule has 0 saturated carbocycles. The van der Waals surface area contributed by atoms with Gasteiger partial charge in [-0.3, -0.25) is 5.01 Å². The number of halogens is 2. The fourth-order valence-corrected chi connectivity index (χ4v) is 3.41. The predicted octanol–water partition coefficient (Wildman–Crippen LogP) is 6.01. The topological polar surface area (TPSA) is 33.4 Å². The minimum atomic E-state index is -0.306. The van der Waals surface area contributed by atoms with E-state index < -0.39 is 0 Å². The highest BCUT2D eigenvalue weighted by molar-refractivity contribution is 6.32. The zero-order chi connectivity index (χ0) is 20.9. The van der Waals surface area contributed by atoms with Crippen LogP contribution in [0.1, 0.15) is 16.8 Å². The van der Waals surface area contributed by atoms with Gasteiger partial charge in [-0.25, -0.2) is 9.07 Å². The molecular weight excluding hydrogens is 399 g/mol. The molecule has 0 unspecified atom stereocenters. The van der Waals surface area contributed by atoms with Crippen molar-refractivity contribution in [1.82, 2.24) is 9.78 Å². The van der Waals surface area contributed by atoms with Crippen molar-refractivity contribution in [2.75, 3.05) is 5.01 Å². The minimum Gasteiger partial charge on any atom is -0.261 e. The Balaban J connectivity index is 1.66. The lowest BCUT2D eigenvalue weighted by atomic mass is 10.2. The van der Waals surface area contributed by atoms with E-state index in [9.17, 15) is 4.39 Å². The fraction of sp³-hybridized carbons (Fsp3) is 0.0833. The number of aryl methyl sites for hydroxylation is 1. The monoisotopic (exact) mass is 418 g/mol. The molecule has 0 bridgehead atoms. The number of rotatable bonds is 6. The molecule has 1 aromatic heterocycles. The van der Waals surface area contributed by atoms with E-state index in [2.05, 4.69) is 17.2 Å². The number of hydrogen-bond acceptors (Lipinski definition) is 3. The SMILES string of the molecule is Cc1nn(-c2ccc(F)cc2)c(Cl)c1/C=N\N(Cc1ccccc1)c1ccccc1. The van der Waals surface area contributed by atoms with Crippen LogP contribution in [0.2, 0.25) is 5.15 Å². The van der Waals surface area contributed by atoms with Gasteiger partial charge in [-0.15, -0.1) is 0 Å². The van der Waals surface area contributed by atoms with Crippen LogP contribution in [0.3, 0.4) is 0 Å². The maximum atomic E-state index is 13.2. The number of hydrogen-bond donors (Lipinski definition) is 0. The standard InChI is InChI=1S/C24H20ClFN4/c1-18-23(24(25)30(28-18)22-14-12-20(26)13-15-22)16-27-29(21-10-6-3-7-11-21)17-19-8-4-2-5-9-19/h2-16H,17H2,1H3/b27-16-. The van der Waals surface area contributed by atoms with Crippen molar-refractivity contribution in [3.63, 3.8) is 0 Å². The van der Waals surface area contributed by atoms with E-state index in [1.54, 1.807) is 23.0 Å². The molecule has 0 atom stereocenters. The lowest BCUT2D eigenvalue weighted by Gasteiger charge is -2.19. The van der Waals surface area contributed by atoms with Crippen LogP contribution in [-0.2, 0) is 6.54 Å². The summed E-state index contributed by atoms with van der Waals surface area (Å²) in [5, 5.41) is 11.6. The molecule has 0 N–H and O–H groups in total. The molecule has 0 aliphatic rings. The Bertz CT molecular complexity index is 1140. The second-order valence-corrected chi connectivity index (χ2v) is 7.16. The summed E-state index contributed by atoms with van der Waals surface area (Å²) in [6, 6.07) is 26.1. The first-order chi connectivity index (χ1) is 14.6. The third-order valence-corrected chi connectivity index (χ3v) is 5.04. The molecule has 0 fully saturated rings. The summed E-state index contributed by atoms with van der Waals surface area (Å²) in [7, 11) is 0. The molecule has 0 amide bonds. The highest BCUT2D eigenvalue weighted by atomic mass is 35.5. The van der Waals surface area contributed by atoms with Gasteiger partial charge < -0.3 is 0 Å². The predicted molar refractivity (Wildman–Crippen MR) is 120 cm³/mol. The molecule has 0 radical (unpaired) electrons. The first kappa shape index (κ1) is 19.9. The molecule has 0 aliphatic heterocycles. The summed E-state index contributed by atoms with van der Waals surface area (Å²) >= 11 is 6.59. The second-order valence-electron chi connectivity index (χ2n) is 6.80. The van der Waals surface area contributed by atoms with E-state index in [4.69, 9.17) is 16.7 Å². The molecule has 150 valence electrons. The van der Waals surface area contributed by atoms with Gasteiger partial charge in [-0.05, 0) is 48.9 Å². The number of aromatic nitrogens is 2. The number of para-hydroxylation sites is 1. The van der Waals surface area contributed by atoms with Crippen molar-refractivity contribution in [2.45, 2.75) is 13.5 Å². The lowest BCUT2D eigenvalue weighted by molar-refractivity contribution is 0.627. The van der Waals surface area contributed by atoms with Crippen LogP contribution in [0.15, 0.2) is 90.0 Å². The van der Waals surface area contributed by atoms with Crippen LogP contribution >= 0.6 is 11.6 Å². The van der Waals surface area contributed by atoms with Crippen LogP contribution < -0.4 is 5.01 Å². The Morgan fingerprint density at radius 3 is 2.27 bits per heavy atom. The first-order valence-electron chi connectivity index (χ1n) is 9.53. The van der Waals surface area contributed by atoms with E-state index in [-0.39, 0.29) is 5.82 Å². The Labute approximate surface area is 179 Å². The summed E-state index contributed by atoms with van der Waals surface area (Å²) in [4.78, 5) is 0. The summed E-state index contributed by atoms with van der Waals surface area (Å²) < 4.78 is 14.8. The molecular formula is C24H20ClFN4. The number of anilines is 1. The van der Waals surface area contributed by atoms with Gasteiger partial charge in [0.1, 0.15) is 11.0 Å². The highest BCUT2D eigenvalue weighted by Crippen LogP contribution is 2.23. The smallest absolute Gasteiger partial charge is 0.142 e. The molecule has 4 nitrogen and oxygen atoms in total. The van der Waals surface area contributed by atoms with E-state index >= 15 is 0 Å². The molecule has 4 rings (SSSR count). The van der Waals surface area contributed by atoms with Crippen molar-refractivity contribution in [3.05, 3.63) is 113 Å². The number of hydrazone groups is 1. The first-order valence-corrected chi connectivity index (χ1v) is 9.91. The maximum Gasteiger partial charge on any atom is 0.142 e. The Hall–Kier alpha value is -3.44. The summed E-state index contributed by atoms with van der Waals surface area (Å²) in [6.07, 6.45) is 1.72. The van der Waals surface area contributed by atoms with Crippen molar-refractivity contribution in [3.8, 4) is 5.69 Å². The van der Waals surface area contributed by atoms with Gasteiger partial charge >= 0.3 is 0 Å². The van der Waals surface area contributed by atoms with Gasteiger partial charge in [0.25, 0.3) is 0 Å². The van der Waals surface area contributed by atoms with Crippen LogP contribution in [0, 0.1) is 12.7 Å². The molecule has 0 spiro atoms. The van der Waals surface area contributed by atoms with Gasteiger partial charge in [0.2, 0.25) is 0 Å². The lowest BCUT2D eigenvalue weighted by Crippen LogP contribution is -2.16. The van der Waals surface area contributed by atoms with Gasteiger partial charge in [0, 0.05) is 0 Å². The number of benzene rings is 3. The molecule has 4 aromatic rings. The Morgan fingerprint density at radius 2 is 1.60 bits per heavy atom. The van der Waals surface area contributed by atoms with Crippen molar-refractivity contribution >= 4 is 23.5 Å². The van der Waals surface area contributed by atoms with E-state index in [0.717, 1.165) is 22.5 Å². The Morgan fingerprint density at radius 1 is 0.967 bits per heavy atom. The average Bonchev–Trinajstić information content (AvgIpc) is 3.06. The van der Waals surface area contributed by atoms with Crippen molar-refractivity contribution in [1.29, 1.82) is 0 Å². The second kappa shape index (κ2) is 8.93. The molecule has 3 aromatic carbocycles. The summed E-state index contributed by atoms with van der Waals surface area (Å²) in [6.45, 7) is 2.49. The van der Waals surface area contributed by atoms with E-state index in [1.165, 1.54) is 12.1 Å². The Kier molecular flexibility index (Phi) is 5.91. The normalized spacial score (nSPS) is 11.2. The van der Waals surface area contributed by atoms with Crippen LogP contribution in [0.4, 0.5) is 10.1 Å². The zero-order valence-corrected chi connectivity index (χ0v) is 17.2. The third-order valence-electron chi connectivity index (χ3n) is 4.67. The highest BCUT2D eigenvalue weighted by Gasteiger charge is 2.14. The molecule has 0 aliphatic carbocycles. The van der Waals surface area contributed by atoms with Gasteiger partial charge in [0.15, 0.2) is 0 Å². The quantitative estimate of drug-likeness (QED) is 0.283. The maximum absolute atomic E-state index is 13.2. The van der Waals surface area contributed by atoms with E-state index in [0.29, 0.717) is 17.4 Å². The average molecular weight is 419 g/mol. The number of nitrogens with zero attached hydrogens (tertiary/aromatic N) is 4. The third kappa shape index (κ3) is 4.42. The molecule has 0 saturated heterocycles. The van der Waals surface area contributed by atoms with E-state index in [1.807, 2.05) is 60.5 Å². The summed E-state index contributed by atoms with van der Waals surface area (Å²) in [5.41, 5.74) is 4.25. The van der Waals surface area contributed by atoms with Crippen LogP contribution in [0.25, 0.3) is 5.69 Å². The largest absolute Gasteiger partial charge is 0.261 e. The zero-order valence-electron chi connectivity index (χ0n) is 16.4. The summed E-state index contributed by atoms with van der Waals surface area (Å²) in [5.74, 6) is -0.306. The molecule has 6 heteroatoms. The van der Waals surface area contributed by atoms with Crippen molar-refractivity contribution in [2.24, 2.45) is 5.10 Å². The van der Waals surface area contributed by atoms with Crippen LogP contribution in [-0.4, -0.2) is 16.0 Å². The molecule has 1 heterocycles. The van der Waals surface area contributed by atoms with Crippen molar-refractivity contribution < 1.29 is 4.39 Å². The van der Waals surface area contributed by atoms with Gasteiger partial charge in [-0.1, -0.05) is 60.1 Å².